The Labute approximate surface area is 85.9 Å². The Hall–Kier alpha value is -0.940. The van der Waals surface area contributed by atoms with Crippen molar-refractivity contribution in [3.8, 4) is 0 Å². The van der Waals surface area contributed by atoms with Crippen LogP contribution in [0.2, 0.25) is 0 Å². The molecule has 76 valence electrons. The first-order valence-corrected chi connectivity index (χ1v) is 5.44. The molecule has 1 aromatic heterocycles. The number of nitrogens with two attached hydrogens (primary N) is 1. The first-order valence-electron chi connectivity index (χ1n) is 4.63. The van der Waals surface area contributed by atoms with Crippen LogP contribution < -0.4 is 5.73 Å². The van der Waals surface area contributed by atoms with Crippen molar-refractivity contribution in [2.75, 3.05) is 6.54 Å². The Morgan fingerprint density at radius 3 is 2.64 bits per heavy atom. The van der Waals surface area contributed by atoms with Crippen LogP contribution in [0.4, 0.5) is 5.00 Å². The molecule has 0 atom stereocenters. The van der Waals surface area contributed by atoms with E-state index in [1.165, 1.54) is 17.8 Å². The molecule has 0 saturated heterocycles. The van der Waals surface area contributed by atoms with Crippen molar-refractivity contribution in [3.63, 3.8) is 0 Å². The highest BCUT2D eigenvalue weighted by atomic mass is 32.1. The average molecular weight is 212 g/mol. The van der Waals surface area contributed by atoms with Gasteiger partial charge in [0, 0.05) is 22.9 Å². The summed E-state index contributed by atoms with van der Waals surface area (Å²) in [5.41, 5.74) is 5.78. The quantitative estimate of drug-likeness (QED) is 0.615. The second-order valence-electron chi connectivity index (χ2n) is 3.73. The summed E-state index contributed by atoms with van der Waals surface area (Å²) < 4.78 is 0. The van der Waals surface area contributed by atoms with Crippen LogP contribution >= 0.6 is 11.3 Å². The van der Waals surface area contributed by atoms with Crippen molar-refractivity contribution >= 4 is 16.3 Å². The molecule has 14 heavy (non-hydrogen) atoms. The van der Waals surface area contributed by atoms with Crippen molar-refractivity contribution in [1.82, 2.24) is 0 Å². The molecular weight excluding hydrogens is 200 g/mol. The molecule has 1 aromatic rings. The van der Waals surface area contributed by atoms with Gasteiger partial charge in [-0.05, 0) is 18.9 Å². The first kappa shape index (κ1) is 9.61. The molecule has 0 unspecified atom stereocenters. The fourth-order valence-corrected chi connectivity index (χ4v) is 2.94. The Bertz CT molecular complexity index is 352. The number of rotatable bonds is 3. The second-order valence-corrected chi connectivity index (χ2v) is 4.80. The molecule has 5 heteroatoms. The first-order chi connectivity index (χ1) is 6.68. The monoisotopic (exact) mass is 212 g/mol. The van der Waals surface area contributed by atoms with Crippen LogP contribution in [0.25, 0.3) is 0 Å². The summed E-state index contributed by atoms with van der Waals surface area (Å²) in [5.74, 6) is 0. The summed E-state index contributed by atoms with van der Waals surface area (Å²) in [6, 6.07) is 3.44. The van der Waals surface area contributed by atoms with Gasteiger partial charge in [0.15, 0.2) is 0 Å². The summed E-state index contributed by atoms with van der Waals surface area (Å²) >= 11 is 1.27. The highest BCUT2D eigenvalue weighted by Crippen LogP contribution is 2.46. The molecule has 1 aliphatic carbocycles. The van der Waals surface area contributed by atoms with Crippen LogP contribution in [0.1, 0.15) is 24.1 Å². The van der Waals surface area contributed by atoms with E-state index in [0.717, 1.165) is 17.7 Å². The van der Waals surface area contributed by atoms with Crippen molar-refractivity contribution in [3.05, 3.63) is 27.1 Å². The standard InChI is InChI=1S/C9H12N2O2S/c10-6-9(4-1-5-9)7-2-3-8(14-7)11(12)13/h2-3H,1,4-6,10H2. The smallest absolute Gasteiger partial charge is 0.324 e. The molecule has 0 aromatic carbocycles. The molecule has 0 radical (unpaired) electrons. The molecule has 4 nitrogen and oxygen atoms in total. The topological polar surface area (TPSA) is 69.2 Å². The number of nitro groups is 1. The molecule has 0 amide bonds. The lowest BCUT2D eigenvalue weighted by atomic mass is 9.68. The largest absolute Gasteiger partial charge is 0.330 e. The fraction of sp³-hybridized carbons (Fsp3) is 0.556. The Morgan fingerprint density at radius 1 is 1.57 bits per heavy atom. The lowest BCUT2D eigenvalue weighted by molar-refractivity contribution is -0.380. The van der Waals surface area contributed by atoms with Crippen LogP contribution in [-0.4, -0.2) is 11.5 Å². The van der Waals surface area contributed by atoms with E-state index in [0.29, 0.717) is 6.54 Å². The molecule has 2 N–H and O–H groups in total. The molecule has 2 rings (SSSR count). The molecular formula is C9H12N2O2S. The SMILES string of the molecule is NCC1(c2ccc([N+](=O)[O-])s2)CCC1. The third-order valence-electron chi connectivity index (χ3n) is 3.00. The van der Waals surface area contributed by atoms with Crippen molar-refractivity contribution in [1.29, 1.82) is 0 Å². The zero-order chi connectivity index (χ0) is 10.2. The van der Waals surface area contributed by atoms with E-state index in [1.807, 2.05) is 6.07 Å². The van der Waals surface area contributed by atoms with Gasteiger partial charge >= 0.3 is 5.00 Å². The minimum atomic E-state index is -0.336. The molecule has 1 saturated carbocycles. The normalized spacial score (nSPS) is 18.9. The Kier molecular flexibility index (Phi) is 2.28. The number of hydrogen-bond donors (Lipinski definition) is 1. The number of thiophene rings is 1. The van der Waals surface area contributed by atoms with Crippen molar-refractivity contribution in [2.24, 2.45) is 5.73 Å². The molecule has 0 aliphatic heterocycles. The van der Waals surface area contributed by atoms with E-state index >= 15 is 0 Å². The van der Waals surface area contributed by atoms with E-state index in [4.69, 9.17) is 5.73 Å². The summed E-state index contributed by atoms with van der Waals surface area (Å²) in [6.45, 7) is 0.602. The minimum Gasteiger partial charge on any atom is -0.330 e. The average Bonchev–Trinajstić information content (AvgIpc) is 2.52. The van der Waals surface area contributed by atoms with Crippen LogP contribution in [0.5, 0.6) is 0 Å². The van der Waals surface area contributed by atoms with Crippen molar-refractivity contribution < 1.29 is 4.92 Å². The van der Waals surface area contributed by atoms with Crippen LogP contribution in [0.15, 0.2) is 12.1 Å². The van der Waals surface area contributed by atoms with Gasteiger partial charge in [-0.15, -0.1) is 0 Å². The summed E-state index contributed by atoms with van der Waals surface area (Å²) in [5, 5.41) is 10.7. The van der Waals surface area contributed by atoms with Gasteiger partial charge in [-0.1, -0.05) is 17.8 Å². The third kappa shape index (κ3) is 1.33. The van der Waals surface area contributed by atoms with Gasteiger partial charge in [0.05, 0.1) is 4.92 Å². The lowest BCUT2D eigenvalue weighted by Crippen LogP contribution is -2.40. The fourth-order valence-electron chi connectivity index (χ4n) is 1.87. The summed E-state index contributed by atoms with van der Waals surface area (Å²) in [6.07, 6.45) is 3.32. The van der Waals surface area contributed by atoms with Crippen molar-refractivity contribution in [2.45, 2.75) is 24.7 Å². The molecule has 1 aliphatic rings. The highest BCUT2D eigenvalue weighted by molar-refractivity contribution is 7.15. The molecule has 1 fully saturated rings. The predicted molar refractivity (Wildman–Crippen MR) is 55.6 cm³/mol. The van der Waals surface area contributed by atoms with Gasteiger partial charge in [0.2, 0.25) is 0 Å². The molecule has 0 spiro atoms. The number of hydrogen-bond acceptors (Lipinski definition) is 4. The lowest BCUT2D eigenvalue weighted by Gasteiger charge is -2.39. The summed E-state index contributed by atoms with van der Waals surface area (Å²) in [7, 11) is 0. The van der Waals surface area contributed by atoms with Crippen LogP contribution in [0, 0.1) is 10.1 Å². The van der Waals surface area contributed by atoms with Gasteiger partial charge in [-0.25, -0.2) is 0 Å². The summed E-state index contributed by atoms with van der Waals surface area (Å²) in [4.78, 5) is 11.3. The zero-order valence-corrected chi connectivity index (χ0v) is 8.55. The van der Waals surface area contributed by atoms with Gasteiger partial charge in [0.25, 0.3) is 0 Å². The second kappa shape index (κ2) is 3.33. The minimum absolute atomic E-state index is 0.0545. The maximum absolute atomic E-state index is 10.5. The highest BCUT2D eigenvalue weighted by Gasteiger charge is 2.39. The van der Waals surface area contributed by atoms with Crippen LogP contribution in [-0.2, 0) is 5.41 Å². The maximum atomic E-state index is 10.5. The van der Waals surface area contributed by atoms with Gasteiger partial charge in [-0.2, -0.15) is 0 Å². The number of nitrogens with zero attached hydrogens (tertiary/aromatic N) is 1. The van der Waals surface area contributed by atoms with E-state index in [2.05, 4.69) is 0 Å². The van der Waals surface area contributed by atoms with Gasteiger partial charge in [-0.3, -0.25) is 10.1 Å². The van der Waals surface area contributed by atoms with Gasteiger partial charge in [0.1, 0.15) is 0 Å². The molecule has 1 heterocycles. The third-order valence-corrected chi connectivity index (χ3v) is 4.28. The maximum Gasteiger partial charge on any atom is 0.324 e. The predicted octanol–water partition coefficient (Wildman–Crippen LogP) is 2.04. The van der Waals surface area contributed by atoms with E-state index in [-0.39, 0.29) is 15.3 Å². The zero-order valence-electron chi connectivity index (χ0n) is 7.73. The van der Waals surface area contributed by atoms with Gasteiger partial charge < -0.3 is 5.73 Å². The Balaban J connectivity index is 2.27. The van der Waals surface area contributed by atoms with Crippen LogP contribution in [0.3, 0.4) is 0 Å². The molecule has 0 bridgehead atoms. The van der Waals surface area contributed by atoms with E-state index in [9.17, 15) is 10.1 Å². The van der Waals surface area contributed by atoms with E-state index in [1.54, 1.807) is 6.07 Å². The Morgan fingerprint density at radius 2 is 2.29 bits per heavy atom. The van der Waals surface area contributed by atoms with E-state index < -0.39 is 0 Å².